The van der Waals surface area contributed by atoms with E-state index in [-0.39, 0.29) is 11.7 Å². The third-order valence-corrected chi connectivity index (χ3v) is 5.08. The number of thioether (sulfide) groups is 1. The summed E-state index contributed by atoms with van der Waals surface area (Å²) in [5, 5.41) is 7.82. The van der Waals surface area contributed by atoms with E-state index in [0.717, 1.165) is 23.2 Å². The average molecular weight is 386 g/mol. The second-order valence-electron chi connectivity index (χ2n) is 5.89. The molecule has 0 saturated carbocycles. The minimum atomic E-state index is -0.899. The normalized spacial score (nSPS) is 12.0. The number of nitrogens with zero attached hydrogens (tertiary/aromatic N) is 6. The molecule has 10 heteroatoms. The standard InChI is InChI=1S/C17H18N6O3S/c1-10(24)14(17(25)22(2)3)27-16-13-15(18-9-19-16)23(21-20-13)11-5-7-12(26-4)8-6-11/h5-9,14H,1-4H3/t14-/m1/s1. The van der Waals surface area contributed by atoms with Crippen LogP contribution >= 0.6 is 11.8 Å². The van der Waals surface area contributed by atoms with Crippen LogP contribution in [0, 0.1) is 0 Å². The van der Waals surface area contributed by atoms with Gasteiger partial charge in [-0.1, -0.05) is 17.0 Å². The van der Waals surface area contributed by atoms with E-state index in [1.807, 2.05) is 12.1 Å². The lowest BCUT2D eigenvalue weighted by molar-refractivity contribution is -0.132. The molecule has 0 spiro atoms. The molecule has 3 rings (SSSR count). The van der Waals surface area contributed by atoms with E-state index < -0.39 is 5.25 Å². The van der Waals surface area contributed by atoms with E-state index >= 15 is 0 Å². The summed E-state index contributed by atoms with van der Waals surface area (Å²) in [6, 6.07) is 7.27. The predicted molar refractivity (Wildman–Crippen MR) is 100 cm³/mol. The summed E-state index contributed by atoms with van der Waals surface area (Å²) < 4.78 is 6.73. The van der Waals surface area contributed by atoms with E-state index in [9.17, 15) is 9.59 Å². The lowest BCUT2D eigenvalue weighted by Crippen LogP contribution is -2.36. The fraction of sp³-hybridized carbons (Fsp3) is 0.294. The minimum Gasteiger partial charge on any atom is -0.497 e. The molecule has 9 nitrogen and oxygen atoms in total. The number of hydrogen-bond donors (Lipinski definition) is 0. The first-order chi connectivity index (χ1) is 12.9. The van der Waals surface area contributed by atoms with Crippen molar-refractivity contribution >= 4 is 34.6 Å². The predicted octanol–water partition coefficient (Wildman–Crippen LogP) is 1.36. The van der Waals surface area contributed by atoms with Crippen LogP contribution in [-0.2, 0) is 9.59 Å². The molecule has 1 atom stereocenters. The molecule has 1 amide bonds. The third kappa shape index (κ3) is 3.75. The molecule has 0 N–H and O–H groups in total. The van der Waals surface area contributed by atoms with Gasteiger partial charge in [-0.2, -0.15) is 4.68 Å². The molecule has 0 aliphatic carbocycles. The lowest BCUT2D eigenvalue weighted by atomic mass is 10.3. The lowest BCUT2D eigenvalue weighted by Gasteiger charge is -2.17. The number of ketones is 1. The highest BCUT2D eigenvalue weighted by atomic mass is 32.2. The van der Waals surface area contributed by atoms with Crippen LogP contribution in [0.4, 0.5) is 0 Å². The Hall–Kier alpha value is -3.01. The Bertz CT molecular complexity index is 986. The van der Waals surface area contributed by atoms with Crippen LogP contribution in [-0.4, -0.2) is 68.0 Å². The largest absolute Gasteiger partial charge is 0.497 e. The Kier molecular flexibility index (Phi) is 5.36. The molecule has 0 aliphatic heterocycles. The van der Waals surface area contributed by atoms with Crippen LogP contribution in [0.2, 0.25) is 0 Å². The molecule has 0 unspecified atom stereocenters. The van der Waals surface area contributed by atoms with Gasteiger partial charge in [-0.15, -0.1) is 5.10 Å². The number of Topliss-reactive ketones (excluding diaryl/α,β-unsaturated/α-hetero) is 1. The number of ether oxygens (including phenoxy) is 1. The minimum absolute atomic E-state index is 0.256. The Morgan fingerprint density at radius 3 is 2.48 bits per heavy atom. The molecule has 27 heavy (non-hydrogen) atoms. The first-order valence-electron chi connectivity index (χ1n) is 8.01. The average Bonchev–Trinajstić information content (AvgIpc) is 3.10. The molecular formula is C17H18N6O3S. The number of rotatable bonds is 6. The fourth-order valence-electron chi connectivity index (χ4n) is 2.37. The summed E-state index contributed by atoms with van der Waals surface area (Å²) in [7, 11) is 4.81. The van der Waals surface area contributed by atoms with Crippen LogP contribution in [0.5, 0.6) is 5.75 Å². The number of fused-ring (bicyclic) bond motifs is 1. The first-order valence-corrected chi connectivity index (χ1v) is 8.89. The van der Waals surface area contributed by atoms with Crippen molar-refractivity contribution in [1.82, 2.24) is 29.9 Å². The van der Waals surface area contributed by atoms with Crippen LogP contribution < -0.4 is 4.74 Å². The zero-order valence-corrected chi connectivity index (χ0v) is 16.1. The highest BCUT2D eigenvalue weighted by molar-refractivity contribution is 8.01. The molecule has 0 aliphatic rings. The molecular weight excluding hydrogens is 368 g/mol. The maximum atomic E-state index is 12.3. The number of aromatic nitrogens is 5. The van der Waals surface area contributed by atoms with E-state index in [1.54, 1.807) is 38.0 Å². The zero-order valence-electron chi connectivity index (χ0n) is 15.3. The molecule has 0 saturated heterocycles. The summed E-state index contributed by atoms with van der Waals surface area (Å²) in [5.41, 5.74) is 1.66. The van der Waals surface area contributed by atoms with Gasteiger partial charge in [0.2, 0.25) is 5.91 Å². The number of amides is 1. The highest BCUT2D eigenvalue weighted by Gasteiger charge is 2.28. The Labute approximate surface area is 159 Å². The summed E-state index contributed by atoms with van der Waals surface area (Å²) in [4.78, 5) is 34.1. The van der Waals surface area contributed by atoms with E-state index in [4.69, 9.17) is 4.74 Å². The maximum Gasteiger partial charge on any atom is 0.243 e. The molecule has 0 radical (unpaired) electrons. The molecule has 0 fully saturated rings. The van der Waals surface area contributed by atoms with Crippen molar-refractivity contribution in [3.05, 3.63) is 30.6 Å². The van der Waals surface area contributed by atoms with Gasteiger partial charge in [0.25, 0.3) is 0 Å². The Morgan fingerprint density at radius 2 is 1.89 bits per heavy atom. The smallest absolute Gasteiger partial charge is 0.243 e. The van der Waals surface area contributed by atoms with Gasteiger partial charge in [0, 0.05) is 14.1 Å². The van der Waals surface area contributed by atoms with Crippen molar-refractivity contribution in [3.8, 4) is 11.4 Å². The number of carbonyl (C=O) groups excluding carboxylic acids is 2. The summed E-state index contributed by atoms with van der Waals surface area (Å²) in [5.74, 6) is 0.162. The van der Waals surface area contributed by atoms with E-state index in [1.165, 1.54) is 18.2 Å². The van der Waals surface area contributed by atoms with Gasteiger partial charge in [-0.05, 0) is 31.2 Å². The van der Waals surface area contributed by atoms with Crippen molar-refractivity contribution < 1.29 is 14.3 Å². The Morgan fingerprint density at radius 1 is 1.19 bits per heavy atom. The number of carbonyl (C=O) groups is 2. The molecule has 140 valence electrons. The van der Waals surface area contributed by atoms with Gasteiger partial charge in [0.05, 0.1) is 12.8 Å². The van der Waals surface area contributed by atoms with E-state index in [0.29, 0.717) is 16.2 Å². The molecule has 2 heterocycles. The highest BCUT2D eigenvalue weighted by Crippen LogP contribution is 2.29. The van der Waals surface area contributed by atoms with E-state index in [2.05, 4.69) is 20.3 Å². The van der Waals surface area contributed by atoms with Gasteiger partial charge in [0.15, 0.2) is 16.9 Å². The van der Waals surface area contributed by atoms with Crippen molar-refractivity contribution in [3.63, 3.8) is 0 Å². The SMILES string of the molecule is COc1ccc(-n2nnc3c(S[C@H](C(C)=O)C(=O)N(C)C)ncnc32)cc1. The van der Waals surface area contributed by atoms with Crippen molar-refractivity contribution in [2.45, 2.75) is 17.2 Å². The van der Waals surface area contributed by atoms with Crippen LogP contribution in [0.25, 0.3) is 16.9 Å². The number of hydrogen-bond acceptors (Lipinski definition) is 8. The van der Waals surface area contributed by atoms with Crippen molar-refractivity contribution in [1.29, 1.82) is 0 Å². The monoisotopic (exact) mass is 386 g/mol. The number of benzene rings is 1. The van der Waals surface area contributed by atoms with Gasteiger partial charge in [-0.3, -0.25) is 9.59 Å². The van der Waals surface area contributed by atoms with Gasteiger partial charge in [-0.25, -0.2) is 9.97 Å². The maximum absolute atomic E-state index is 12.3. The zero-order chi connectivity index (χ0) is 19.6. The summed E-state index contributed by atoms with van der Waals surface area (Å²) in [6.45, 7) is 1.38. The van der Waals surface area contributed by atoms with Gasteiger partial charge >= 0.3 is 0 Å². The van der Waals surface area contributed by atoms with Crippen molar-refractivity contribution in [2.75, 3.05) is 21.2 Å². The topological polar surface area (TPSA) is 103 Å². The quantitative estimate of drug-likeness (QED) is 0.355. The molecule has 2 aromatic heterocycles. The van der Waals surface area contributed by atoms with Crippen LogP contribution in [0.1, 0.15) is 6.92 Å². The second-order valence-corrected chi connectivity index (χ2v) is 6.99. The number of methoxy groups -OCH3 is 1. The van der Waals surface area contributed by atoms with Crippen LogP contribution in [0.15, 0.2) is 35.6 Å². The van der Waals surface area contributed by atoms with Gasteiger partial charge < -0.3 is 9.64 Å². The molecule has 0 bridgehead atoms. The van der Waals surface area contributed by atoms with Crippen LogP contribution in [0.3, 0.4) is 0 Å². The van der Waals surface area contributed by atoms with Crippen molar-refractivity contribution in [2.24, 2.45) is 0 Å². The first kappa shape index (κ1) is 18.8. The molecule has 1 aromatic carbocycles. The second kappa shape index (κ2) is 7.70. The van der Waals surface area contributed by atoms with Gasteiger partial charge in [0.1, 0.15) is 22.4 Å². The third-order valence-electron chi connectivity index (χ3n) is 3.78. The summed E-state index contributed by atoms with van der Waals surface area (Å²) >= 11 is 1.05. The fourth-order valence-corrected chi connectivity index (χ4v) is 3.42. The Balaban J connectivity index is 2.00. The summed E-state index contributed by atoms with van der Waals surface area (Å²) in [6.07, 6.45) is 1.37. The molecule has 3 aromatic rings.